The van der Waals surface area contributed by atoms with E-state index in [2.05, 4.69) is 31.3 Å². The molecule has 0 aliphatic carbocycles. The molecule has 0 saturated heterocycles. The van der Waals surface area contributed by atoms with Crippen molar-refractivity contribution in [2.45, 2.75) is 26.8 Å². The van der Waals surface area contributed by atoms with Crippen molar-refractivity contribution >= 4 is 48.5 Å². The molecule has 0 unspecified atom stereocenters. The van der Waals surface area contributed by atoms with E-state index in [0.717, 1.165) is 20.4 Å². The molecule has 7 heteroatoms. The van der Waals surface area contributed by atoms with Crippen molar-refractivity contribution in [3.8, 4) is 0 Å². The van der Waals surface area contributed by atoms with Gasteiger partial charge >= 0.3 is 0 Å². The highest BCUT2D eigenvalue weighted by Gasteiger charge is 2.16. The van der Waals surface area contributed by atoms with Crippen LogP contribution in [0.2, 0.25) is 0 Å². The van der Waals surface area contributed by atoms with Gasteiger partial charge in [0.1, 0.15) is 0 Å². The summed E-state index contributed by atoms with van der Waals surface area (Å²) in [7, 11) is 0. The van der Waals surface area contributed by atoms with Crippen LogP contribution in [0.15, 0.2) is 28.7 Å². The zero-order valence-corrected chi connectivity index (χ0v) is 14.8. The van der Waals surface area contributed by atoms with Crippen molar-refractivity contribution in [2.24, 2.45) is 0 Å². The molecule has 5 nitrogen and oxygen atoms in total. The molecule has 0 bridgehead atoms. The minimum atomic E-state index is -0.238. The molecule has 0 atom stereocenters. The second kappa shape index (κ2) is 5.81. The van der Waals surface area contributed by atoms with Crippen molar-refractivity contribution in [3.63, 3.8) is 0 Å². The molecule has 1 amide bonds. The monoisotopic (exact) mass is 378 g/mol. The van der Waals surface area contributed by atoms with E-state index >= 15 is 0 Å². The van der Waals surface area contributed by atoms with Crippen LogP contribution in [0.25, 0.3) is 10.2 Å². The maximum Gasteiger partial charge on any atom is 0.277 e. The fraction of sp³-hybridized carbons (Fsp3) is 0.267. The first kappa shape index (κ1) is 15.2. The van der Waals surface area contributed by atoms with Crippen LogP contribution in [0.4, 0.5) is 5.13 Å². The average Bonchev–Trinajstić information content (AvgIpc) is 3.03. The minimum Gasteiger partial charge on any atom is -0.296 e. The summed E-state index contributed by atoms with van der Waals surface area (Å²) in [6.07, 6.45) is 0. The third-order valence-corrected chi connectivity index (χ3v) is 4.81. The topological polar surface area (TPSA) is 59.8 Å². The Kier molecular flexibility index (Phi) is 4.01. The summed E-state index contributed by atoms with van der Waals surface area (Å²) in [6, 6.07) is 7.87. The molecular weight excluding hydrogens is 364 g/mol. The van der Waals surface area contributed by atoms with Crippen LogP contribution in [-0.2, 0) is 0 Å². The molecule has 3 aromatic rings. The molecule has 22 heavy (non-hydrogen) atoms. The van der Waals surface area contributed by atoms with Crippen LogP contribution < -0.4 is 5.32 Å². The van der Waals surface area contributed by atoms with Gasteiger partial charge in [-0.15, -0.1) is 0 Å². The van der Waals surface area contributed by atoms with Crippen molar-refractivity contribution in [3.05, 3.63) is 40.1 Å². The Bertz CT molecular complexity index is 852. The van der Waals surface area contributed by atoms with Gasteiger partial charge < -0.3 is 0 Å². The fourth-order valence-corrected chi connectivity index (χ4v) is 3.72. The standard InChI is InChI=1S/C15H15BrN4OS/c1-8(2)20-9(3)7-11(19-20)14(21)18-15-17-13-10(16)5-4-6-12(13)22-15/h4-8H,1-3H3,(H,17,18,21). The molecule has 1 aromatic carbocycles. The van der Waals surface area contributed by atoms with Crippen molar-refractivity contribution in [2.75, 3.05) is 5.32 Å². The van der Waals surface area contributed by atoms with Crippen LogP contribution in [0.5, 0.6) is 0 Å². The van der Waals surface area contributed by atoms with Gasteiger partial charge in [0.25, 0.3) is 5.91 Å². The van der Waals surface area contributed by atoms with E-state index in [0.29, 0.717) is 10.8 Å². The molecule has 0 saturated carbocycles. The largest absolute Gasteiger partial charge is 0.296 e. The van der Waals surface area contributed by atoms with Crippen LogP contribution >= 0.6 is 27.3 Å². The van der Waals surface area contributed by atoms with Gasteiger partial charge in [0, 0.05) is 16.2 Å². The van der Waals surface area contributed by atoms with E-state index in [1.54, 1.807) is 6.07 Å². The predicted octanol–water partition coefficient (Wildman–Crippen LogP) is 4.40. The van der Waals surface area contributed by atoms with E-state index in [-0.39, 0.29) is 11.9 Å². The average molecular weight is 379 g/mol. The lowest BCUT2D eigenvalue weighted by Crippen LogP contribution is -2.13. The van der Waals surface area contributed by atoms with E-state index < -0.39 is 0 Å². The number of hydrogen-bond acceptors (Lipinski definition) is 4. The van der Waals surface area contributed by atoms with Gasteiger partial charge in [-0.1, -0.05) is 17.4 Å². The Labute approximate surface area is 140 Å². The Morgan fingerprint density at radius 1 is 1.41 bits per heavy atom. The Morgan fingerprint density at radius 2 is 2.18 bits per heavy atom. The van der Waals surface area contributed by atoms with Gasteiger partial charge in [-0.25, -0.2) is 4.98 Å². The van der Waals surface area contributed by atoms with Gasteiger partial charge in [0.15, 0.2) is 10.8 Å². The first-order valence-corrected chi connectivity index (χ1v) is 8.49. The lowest BCUT2D eigenvalue weighted by atomic mass is 10.3. The van der Waals surface area contributed by atoms with E-state index in [4.69, 9.17) is 0 Å². The molecule has 0 fully saturated rings. The molecule has 0 aliphatic heterocycles. The minimum absolute atomic E-state index is 0.222. The number of fused-ring (bicyclic) bond motifs is 1. The van der Waals surface area contributed by atoms with E-state index in [1.165, 1.54) is 11.3 Å². The summed E-state index contributed by atoms with van der Waals surface area (Å²) in [4.78, 5) is 16.8. The van der Waals surface area contributed by atoms with Crippen molar-refractivity contribution in [1.82, 2.24) is 14.8 Å². The zero-order valence-electron chi connectivity index (χ0n) is 12.4. The lowest BCUT2D eigenvalue weighted by Gasteiger charge is -2.06. The summed E-state index contributed by atoms with van der Waals surface area (Å²) in [5, 5.41) is 7.75. The van der Waals surface area contributed by atoms with Gasteiger partial charge in [-0.2, -0.15) is 5.10 Å². The zero-order chi connectivity index (χ0) is 15.9. The highest BCUT2D eigenvalue weighted by molar-refractivity contribution is 9.10. The molecule has 2 heterocycles. The smallest absolute Gasteiger partial charge is 0.277 e. The maximum absolute atomic E-state index is 12.3. The summed E-state index contributed by atoms with van der Waals surface area (Å²) < 4.78 is 3.78. The lowest BCUT2D eigenvalue weighted by molar-refractivity contribution is 0.102. The number of aromatic nitrogens is 3. The quantitative estimate of drug-likeness (QED) is 0.734. The fourth-order valence-electron chi connectivity index (χ4n) is 2.25. The number of anilines is 1. The summed E-state index contributed by atoms with van der Waals surface area (Å²) in [6.45, 7) is 6.01. The van der Waals surface area contributed by atoms with E-state index in [9.17, 15) is 4.79 Å². The number of aryl methyl sites for hydroxylation is 1. The molecule has 1 N–H and O–H groups in total. The van der Waals surface area contributed by atoms with Gasteiger partial charge in [-0.05, 0) is 54.9 Å². The number of carbonyl (C=O) groups is 1. The van der Waals surface area contributed by atoms with Crippen molar-refractivity contribution in [1.29, 1.82) is 0 Å². The molecule has 2 aromatic heterocycles. The number of amides is 1. The Hall–Kier alpha value is -1.73. The Morgan fingerprint density at radius 3 is 2.82 bits per heavy atom. The number of rotatable bonds is 3. The third-order valence-electron chi connectivity index (χ3n) is 3.23. The van der Waals surface area contributed by atoms with Gasteiger partial charge in [0.2, 0.25) is 0 Å². The van der Waals surface area contributed by atoms with Crippen LogP contribution in [0.1, 0.15) is 36.1 Å². The number of nitrogens with zero attached hydrogens (tertiary/aromatic N) is 3. The van der Waals surface area contributed by atoms with Gasteiger partial charge in [-0.3, -0.25) is 14.8 Å². The number of para-hydroxylation sites is 1. The molecule has 114 valence electrons. The molecule has 0 aliphatic rings. The van der Waals surface area contributed by atoms with Crippen LogP contribution in [0, 0.1) is 6.92 Å². The van der Waals surface area contributed by atoms with Crippen molar-refractivity contribution < 1.29 is 4.79 Å². The number of nitrogens with one attached hydrogen (secondary N) is 1. The predicted molar refractivity (Wildman–Crippen MR) is 92.6 cm³/mol. The second-order valence-electron chi connectivity index (χ2n) is 5.27. The molecule has 0 radical (unpaired) electrons. The number of halogens is 1. The first-order chi connectivity index (χ1) is 10.5. The van der Waals surface area contributed by atoms with Crippen LogP contribution in [-0.4, -0.2) is 20.7 Å². The molecule has 0 spiro atoms. The summed E-state index contributed by atoms with van der Waals surface area (Å²) in [5.41, 5.74) is 2.23. The number of benzene rings is 1. The highest BCUT2D eigenvalue weighted by Crippen LogP contribution is 2.31. The highest BCUT2D eigenvalue weighted by atomic mass is 79.9. The third kappa shape index (κ3) is 2.78. The summed E-state index contributed by atoms with van der Waals surface area (Å²) >= 11 is 4.91. The SMILES string of the molecule is Cc1cc(C(=O)Nc2nc3c(Br)cccc3s2)nn1C(C)C. The number of carbonyl (C=O) groups excluding carboxylic acids is 1. The van der Waals surface area contributed by atoms with Crippen LogP contribution in [0.3, 0.4) is 0 Å². The summed E-state index contributed by atoms with van der Waals surface area (Å²) in [5.74, 6) is -0.238. The number of thiazole rings is 1. The molecular formula is C15H15BrN4OS. The maximum atomic E-state index is 12.3. The second-order valence-corrected chi connectivity index (χ2v) is 7.15. The van der Waals surface area contributed by atoms with E-state index in [1.807, 2.05) is 43.7 Å². The normalized spacial score (nSPS) is 11.3. The number of hydrogen-bond donors (Lipinski definition) is 1. The molecule has 3 rings (SSSR count). The van der Waals surface area contributed by atoms with Gasteiger partial charge in [0.05, 0.1) is 10.2 Å². The Balaban J connectivity index is 1.86. The first-order valence-electron chi connectivity index (χ1n) is 6.88.